The van der Waals surface area contributed by atoms with Crippen LogP contribution in [0.5, 0.6) is 0 Å². The molecule has 0 spiro atoms. The van der Waals surface area contributed by atoms with Crippen molar-refractivity contribution in [1.29, 1.82) is 0 Å². The molecule has 15 heteroatoms. The van der Waals surface area contributed by atoms with Gasteiger partial charge in [-0.1, -0.05) is 60.7 Å². The van der Waals surface area contributed by atoms with E-state index in [1.165, 1.54) is 17.1 Å². The van der Waals surface area contributed by atoms with Gasteiger partial charge < -0.3 is 30.9 Å². The fourth-order valence-electron chi connectivity index (χ4n) is 5.73. The molecule has 0 bridgehead atoms. The second-order valence-corrected chi connectivity index (χ2v) is 10.6. The number of nitrogens with one attached hydrogen (secondary N) is 1. The van der Waals surface area contributed by atoms with E-state index in [2.05, 4.69) is 25.4 Å². The zero-order valence-electron chi connectivity index (χ0n) is 23.2. The number of benzene rings is 2. The van der Waals surface area contributed by atoms with Gasteiger partial charge in [0.05, 0.1) is 23.4 Å². The van der Waals surface area contributed by atoms with Crippen molar-refractivity contribution in [3.8, 4) is 5.95 Å². The third kappa shape index (κ3) is 5.34. The summed E-state index contributed by atoms with van der Waals surface area (Å²) >= 11 is 0. The van der Waals surface area contributed by atoms with Crippen molar-refractivity contribution in [1.82, 2.24) is 29.3 Å². The highest BCUT2D eigenvalue weighted by Gasteiger charge is 2.47. The molecule has 1 aliphatic carbocycles. The lowest BCUT2D eigenvalue weighted by Crippen LogP contribution is -2.41. The van der Waals surface area contributed by atoms with E-state index >= 15 is 0 Å². The van der Waals surface area contributed by atoms with Crippen molar-refractivity contribution in [3.05, 3.63) is 101 Å². The number of primary amides is 1. The van der Waals surface area contributed by atoms with Crippen LogP contribution in [0.1, 0.15) is 29.5 Å². The number of aliphatic hydroxyl groups excluding tert-OH is 3. The maximum Gasteiger partial charge on any atom is 0.307 e. The number of hydrogen-bond acceptors (Lipinski definition) is 11. The van der Waals surface area contributed by atoms with Crippen LogP contribution in [0.15, 0.2) is 79.4 Å². The van der Waals surface area contributed by atoms with Gasteiger partial charge in [0, 0.05) is 18.4 Å². The number of aliphatic hydroxyl groups is 3. The van der Waals surface area contributed by atoms with Crippen LogP contribution in [0.25, 0.3) is 17.1 Å². The number of rotatable bonds is 10. The molecule has 6 rings (SSSR count). The van der Waals surface area contributed by atoms with E-state index in [0.29, 0.717) is 17.9 Å². The predicted octanol–water partition coefficient (Wildman–Crippen LogP) is 1.29. The molecule has 3 aromatic heterocycles. The van der Waals surface area contributed by atoms with Crippen LogP contribution in [-0.4, -0.2) is 80.3 Å². The predicted molar refractivity (Wildman–Crippen MR) is 157 cm³/mol. The molecule has 6 N–H and O–H groups in total. The van der Waals surface area contributed by atoms with E-state index in [9.17, 15) is 30.2 Å². The molecule has 0 radical (unpaired) electrons. The van der Waals surface area contributed by atoms with E-state index in [0.717, 1.165) is 22.0 Å². The molecular weight excluding hydrogens is 570 g/mol. The SMILES string of the molecule is NC(=O)C(O)[C@H]1C[C@@H](n2cnc3c(NCC(c4ccccc4)c4ccccc4)nc(-n4cc([N+](=O)[O-])cn4)nc32)[C@H](O)[C@@H]1O. The summed E-state index contributed by atoms with van der Waals surface area (Å²) in [5, 5.41) is 50.6. The number of anilines is 1. The van der Waals surface area contributed by atoms with Crippen LogP contribution in [0.4, 0.5) is 11.5 Å². The van der Waals surface area contributed by atoms with Gasteiger partial charge in [-0.25, -0.2) is 4.98 Å². The summed E-state index contributed by atoms with van der Waals surface area (Å²) in [5.74, 6) is -1.81. The topological polar surface area (TPSA) is 220 Å². The molecule has 226 valence electrons. The number of fused-ring (bicyclic) bond motifs is 1. The normalized spacial score (nSPS) is 20.6. The first-order valence-electron chi connectivity index (χ1n) is 13.8. The fourth-order valence-corrected chi connectivity index (χ4v) is 5.73. The summed E-state index contributed by atoms with van der Waals surface area (Å²) < 4.78 is 2.68. The summed E-state index contributed by atoms with van der Waals surface area (Å²) in [6.45, 7) is 0.392. The number of nitrogens with zero attached hydrogens (tertiary/aromatic N) is 7. The van der Waals surface area contributed by atoms with E-state index in [4.69, 9.17) is 5.73 Å². The average molecular weight is 600 g/mol. The number of carbonyl (C=O) groups is 1. The van der Waals surface area contributed by atoms with Crippen molar-refractivity contribution in [2.45, 2.75) is 36.7 Å². The zero-order valence-corrected chi connectivity index (χ0v) is 23.2. The van der Waals surface area contributed by atoms with Crippen LogP contribution < -0.4 is 11.1 Å². The number of hydrogen-bond donors (Lipinski definition) is 5. The molecule has 0 saturated heterocycles. The Morgan fingerprint density at radius 2 is 1.73 bits per heavy atom. The van der Waals surface area contributed by atoms with Gasteiger partial charge in [0.25, 0.3) is 5.95 Å². The van der Waals surface area contributed by atoms with Gasteiger partial charge in [-0.3, -0.25) is 14.9 Å². The van der Waals surface area contributed by atoms with Crippen LogP contribution in [-0.2, 0) is 4.79 Å². The number of nitrogens with two attached hydrogens (primary N) is 1. The molecule has 1 saturated carbocycles. The minimum absolute atomic E-state index is 0.00265. The van der Waals surface area contributed by atoms with E-state index < -0.39 is 41.1 Å². The van der Waals surface area contributed by atoms with Crippen molar-refractivity contribution in [3.63, 3.8) is 0 Å². The Balaban J connectivity index is 1.42. The molecule has 3 heterocycles. The Morgan fingerprint density at radius 3 is 2.32 bits per heavy atom. The molecule has 1 fully saturated rings. The Kier molecular flexibility index (Phi) is 7.73. The van der Waals surface area contributed by atoms with Gasteiger partial charge >= 0.3 is 5.69 Å². The lowest BCUT2D eigenvalue weighted by atomic mass is 9.91. The first kappa shape index (κ1) is 28.9. The Hall–Kier alpha value is -5.25. The quantitative estimate of drug-likeness (QED) is 0.114. The molecule has 15 nitrogen and oxygen atoms in total. The molecule has 44 heavy (non-hydrogen) atoms. The lowest BCUT2D eigenvalue weighted by Gasteiger charge is -2.20. The Labute approximate surface area is 249 Å². The van der Waals surface area contributed by atoms with Gasteiger partial charge in [0.1, 0.15) is 24.6 Å². The van der Waals surface area contributed by atoms with Crippen molar-refractivity contribution in [2.24, 2.45) is 11.7 Å². The summed E-state index contributed by atoms with van der Waals surface area (Å²) in [7, 11) is 0. The molecule has 1 amide bonds. The maximum absolute atomic E-state index is 11.6. The molecule has 1 unspecified atom stereocenters. The third-order valence-corrected chi connectivity index (χ3v) is 8.02. The minimum Gasteiger partial charge on any atom is -0.390 e. The first-order chi connectivity index (χ1) is 21.2. The summed E-state index contributed by atoms with van der Waals surface area (Å²) in [4.78, 5) is 36.1. The molecule has 5 aromatic rings. The first-order valence-corrected chi connectivity index (χ1v) is 13.8. The van der Waals surface area contributed by atoms with Crippen molar-refractivity contribution >= 4 is 28.6 Å². The van der Waals surface area contributed by atoms with Gasteiger partial charge in [0.15, 0.2) is 17.0 Å². The fraction of sp³-hybridized carbons (Fsp3) is 0.276. The van der Waals surface area contributed by atoms with Crippen LogP contribution >= 0.6 is 0 Å². The van der Waals surface area contributed by atoms with Crippen LogP contribution in [0, 0.1) is 16.0 Å². The highest BCUT2D eigenvalue weighted by molar-refractivity contribution is 5.84. The van der Waals surface area contributed by atoms with Crippen molar-refractivity contribution in [2.75, 3.05) is 11.9 Å². The zero-order chi connectivity index (χ0) is 31.0. The van der Waals surface area contributed by atoms with Crippen LogP contribution in [0.3, 0.4) is 0 Å². The summed E-state index contributed by atoms with van der Waals surface area (Å²) in [6, 6.07) is 19.0. The highest BCUT2D eigenvalue weighted by Crippen LogP contribution is 2.39. The number of aromatic nitrogens is 6. The smallest absolute Gasteiger partial charge is 0.307 e. The van der Waals surface area contributed by atoms with Gasteiger partial charge in [-0.05, 0) is 17.5 Å². The summed E-state index contributed by atoms with van der Waals surface area (Å²) in [5.41, 5.74) is 7.69. The molecular formula is C29H29N9O6. The Bertz CT molecular complexity index is 1760. The average Bonchev–Trinajstić information content (AvgIpc) is 3.76. The lowest BCUT2D eigenvalue weighted by molar-refractivity contribution is -0.384. The Morgan fingerprint density at radius 1 is 1.07 bits per heavy atom. The van der Waals surface area contributed by atoms with Crippen molar-refractivity contribution < 1.29 is 25.0 Å². The number of carbonyl (C=O) groups excluding carboxylic acids is 1. The maximum atomic E-state index is 11.6. The van der Waals surface area contributed by atoms with Gasteiger partial charge in [-0.15, -0.1) is 0 Å². The molecule has 5 atom stereocenters. The minimum atomic E-state index is -1.67. The largest absolute Gasteiger partial charge is 0.390 e. The summed E-state index contributed by atoms with van der Waals surface area (Å²) in [6.07, 6.45) is -0.818. The van der Waals surface area contributed by atoms with E-state index in [1.54, 1.807) is 0 Å². The van der Waals surface area contributed by atoms with E-state index in [-0.39, 0.29) is 29.6 Å². The van der Waals surface area contributed by atoms with Crippen LogP contribution in [0.2, 0.25) is 0 Å². The van der Waals surface area contributed by atoms with E-state index in [1.807, 2.05) is 60.7 Å². The van der Waals surface area contributed by atoms with Gasteiger partial charge in [0.2, 0.25) is 5.91 Å². The van der Waals surface area contributed by atoms with Gasteiger partial charge in [-0.2, -0.15) is 19.7 Å². The standard InChI is InChI=1S/C29H29N9O6/c30-26(42)24(40)19-11-21(25(41)23(19)39)36-15-32-22-27(34-29(35-28(22)36)37-14-18(12-33-37)38(43)44)31-13-20(16-7-3-1-4-8-16)17-9-5-2-6-10-17/h1-10,12,14-15,19-21,23-25,39-41H,11,13H2,(H2,30,42)(H,31,34,35)/t19-,21+,23+,24?,25-/m0/s1. The molecule has 2 aromatic carbocycles. The number of amides is 1. The monoisotopic (exact) mass is 599 g/mol. The number of nitro groups is 1. The molecule has 1 aliphatic rings. The number of imidazole rings is 1. The highest BCUT2D eigenvalue weighted by atomic mass is 16.6. The third-order valence-electron chi connectivity index (χ3n) is 8.02. The second kappa shape index (κ2) is 11.8. The second-order valence-electron chi connectivity index (χ2n) is 10.6. The molecule has 0 aliphatic heterocycles.